The Morgan fingerprint density at radius 3 is 2.62 bits per heavy atom. The summed E-state index contributed by atoms with van der Waals surface area (Å²) in [5.74, 6) is 2.07. The summed E-state index contributed by atoms with van der Waals surface area (Å²) in [6.45, 7) is 2.86. The van der Waals surface area contributed by atoms with Crippen LogP contribution >= 0.6 is 11.8 Å². The van der Waals surface area contributed by atoms with E-state index in [1.54, 1.807) is 0 Å². The maximum Gasteiger partial charge on any atom is 0.233 e. The Bertz CT molecular complexity index is 1310. The second-order valence-electron chi connectivity index (χ2n) is 9.53. The summed E-state index contributed by atoms with van der Waals surface area (Å²) >= 11 is 1.52. The molecule has 2 saturated carbocycles. The first-order valence-electron chi connectivity index (χ1n) is 12.2. The highest BCUT2D eigenvalue weighted by Crippen LogP contribution is 2.42. The number of rotatable bonds is 9. The molecule has 0 unspecified atom stereocenters. The standard InChI is InChI=1S/C27H29N5OS/c1-18(20-11-12-20)31(16-19-7-3-2-4-8-19)25(33)17-34-27-30-29-26(32(27)21-13-14-21)23-15-28-24-10-6-5-9-22(23)24/h2-10,15,18,20-21,28H,11-14,16-17H2,1H3/t18-/m0/s1. The number of aromatic amines is 1. The second-order valence-corrected chi connectivity index (χ2v) is 10.5. The van der Waals surface area contributed by atoms with Gasteiger partial charge in [0.2, 0.25) is 5.91 Å². The number of nitrogens with zero attached hydrogens (tertiary/aromatic N) is 4. The van der Waals surface area contributed by atoms with Gasteiger partial charge in [-0.15, -0.1) is 10.2 Å². The van der Waals surface area contributed by atoms with Crippen molar-refractivity contribution in [3.63, 3.8) is 0 Å². The molecule has 0 spiro atoms. The van der Waals surface area contributed by atoms with Crippen LogP contribution in [-0.4, -0.2) is 42.4 Å². The normalized spacial score (nSPS) is 16.6. The first-order valence-corrected chi connectivity index (χ1v) is 13.1. The molecule has 2 aliphatic rings. The van der Waals surface area contributed by atoms with Crippen LogP contribution < -0.4 is 0 Å². The van der Waals surface area contributed by atoms with Crippen LogP contribution in [0.25, 0.3) is 22.3 Å². The minimum Gasteiger partial charge on any atom is -0.360 e. The van der Waals surface area contributed by atoms with Crippen molar-refractivity contribution in [1.29, 1.82) is 0 Å². The van der Waals surface area contributed by atoms with Crippen LogP contribution in [0.1, 0.15) is 44.2 Å². The van der Waals surface area contributed by atoms with E-state index in [0.717, 1.165) is 40.3 Å². The van der Waals surface area contributed by atoms with Gasteiger partial charge in [0.05, 0.1) is 5.75 Å². The van der Waals surface area contributed by atoms with Gasteiger partial charge in [0, 0.05) is 41.3 Å². The van der Waals surface area contributed by atoms with Gasteiger partial charge in [-0.3, -0.25) is 9.36 Å². The molecule has 2 aromatic carbocycles. The summed E-state index contributed by atoms with van der Waals surface area (Å²) in [5, 5.41) is 11.1. The first kappa shape index (κ1) is 21.5. The van der Waals surface area contributed by atoms with Crippen LogP contribution in [0, 0.1) is 5.92 Å². The third-order valence-electron chi connectivity index (χ3n) is 7.04. The molecule has 0 saturated heterocycles. The Morgan fingerprint density at radius 2 is 1.85 bits per heavy atom. The molecular formula is C27H29N5OS. The van der Waals surface area contributed by atoms with Gasteiger partial charge in [0.15, 0.2) is 11.0 Å². The molecule has 6 nitrogen and oxygen atoms in total. The molecule has 1 amide bonds. The quantitative estimate of drug-likeness (QED) is 0.319. The Hall–Kier alpha value is -3.06. The maximum absolute atomic E-state index is 13.4. The molecule has 174 valence electrons. The van der Waals surface area contributed by atoms with Crippen molar-refractivity contribution in [2.45, 2.75) is 56.4 Å². The van der Waals surface area contributed by atoms with Gasteiger partial charge in [0.25, 0.3) is 0 Å². The highest BCUT2D eigenvalue weighted by Gasteiger charge is 2.35. The number of carbonyl (C=O) groups excluding carboxylic acids is 1. The maximum atomic E-state index is 13.4. The molecule has 2 aliphatic carbocycles. The second kappa shape index (κ2) is 8.95. The molecule has 0 bridgehead atoms. The Labute approximate surface area is 203 Å². The van der Waals surface area contributed by atoms with Crippen molar-refractivity contribution in [2.75, 3.05) is 5.75 Å². The van der Waals surface area contributed by atoms with Crippen molar-refractivity contribution in [3.8, 4) is 11.4 Å². The Morgan fingerprint density at radius 1 is 1.09 bits per heavy atom. The average Bonchev–Trinajstić information content (AvgIpc) is 3.80. The van der Waals surface area contributed by atoms with Crippen LogP contribution in [0.4, 0.5) is 0 Å². The molecule has 4 aromatic rings. The third-order valence-corrected chi connectivity index (χ3v) is 7.97. The highest BCUT2D eigenvalue weighted by molar-refractivity contribution is 7.99. The van der Waals surface area contributed by atoms with Gasteiger partial charge >= 0.3 is 0 Å². The van der Waals surface area contributed by atoms with E-state index >= 15 is 0 Å². The number of thioether (sulfide) groups is 1. The molecule has 2 heterocycles. The number of benzene rings is 2. The smallest absolute Gasteiger partial charge is 0.233 e. The first-order chi connectivity index (χ1) is 16.7. The Balaban J connectivity index is 1.23. The number of para-hydroxylation sites is 1. The molecule has 2 fully saturated rings. The summed E-state index contributed by atoms with van der Waals surface area (Å²) in [7, 11) is 0. The topological polar surface area (TPSA) is 66.8 Å². The van der Waals surface area contributed by atoms with Crippen molar-refractivity contribution >= 4 is 28.6 Å². The van der Waals surface area contributed by atoms with Crippen LogP contribution in [0.3, 0.4) is 0 Å². The van der Waals surface area contributed by atoms with E-state index in [9.17, 15) is 4.79 Å². The summed E-state index contributed by atoms with van der Waals surface area (Å²) in [6.07, 6.45) is 6.72. The molecule has 0 radical (unpaired) electrons. The summed E-state index contributed by atoms with van der Waals surface area (Å²) in [5.41, 5.74) is 3.34. The molecule has 2 aromatic heterocycles. The number of aromatic nitrogens is 4. The fraction of sp³-hybridized carbons (Fsp3) is 0.370. The minimum atomic E-state index is 0.173. The van der Waals surface area contributed by atoms with Crippen molar-refractivity contribution in [3.05, 3.63) is 66.4 Å². The van der Waals surface area contributed by atoms with Crippen LogP contribution in [-0.2, 0) is 11.3 Å². The predicted molar refractivity (Wildman–Crippen MR) is 135 cm³/mol. The molecule has 0 aliphatic heterocycles. The average molecular weight is 472 g/mol. The van der Waals surface area contributed by atoms with Crippen molar-refractivity contribution < 1.29 is 4.79 Å². The molecule has 7 heteroatoms. The molecule has 34 heavy (non-hydrogen) atoms. The van der Waals surface area contributed by atoms with E-state index < -0.39 is 0 Å². The number of hydrogen-bond donors (Lipinski definition) is 1. The predicted octanol–water partition coefficient (Wildman–Crippen LogP) is 5.68. The van der Waals surface area contributed by atoms with Gasteiger partial charge in [-0.05, 0) is 50.2 Å². The number of nitrogens with one attached hydrogen (secondary N) is 1. The SMILES string of the molecule is C[C@@H](C1CC1)N(Cc1ccccc1)C(=O)CSc1nnc(-c2c[nH]c3ccccc23)n1C1CC1. The third kappa shape index (κ3) is 4.25. The Kier molecular flexibility index (Phi) is 5.65. The zero-order valence-electron chi connectivity index (χ0n) is 19.4. The molecule has 1 atom stereocenters. The number of fused-ring (bicyclic) bond motifs is 1. The number of hydrogen-bond acceptors (Lipinski definition) is 4. The summed E-state index contributed by atoms with van der Waals surface area (Å²) in [4.78, 5) is 18.9. The van der Waals surface area contributed by atoms with Gasteiger partial charge in [-0.2, -0.15) is 0 Å². The van der Waals surface area contributed by atoms with E-state index in [0.29, 0.717) is 24.3 Å². The van der Waals surface area contributed by atoms with Gasteiger partial charge in [0.1, 0.15) is 0 Å². The van der Waals surface area contributed by atoms with E-state index in [1.807, 2.05) is 36.5 Å². The molecule has 1 N–H and O–H groups in total. The van der Waals surface area contributed by atoms with Crippen LogP contribution in [0.15, 0.2) is 66.0 Å². The lowest BCUT2D eigenvalue weighted by Crippen LogP contribution is -2.40. The van der Waals surface area contributed by atoms with Crippen molar-refractivity contribution in [1.82, 2.24) is 24.6 Å². The fourth-order valence-corrected chi connectivity index (χ4v) is 5.65. The molecule has 6 rings (SSSR count). The lowest BCUT2D eigenvalue weighted by Gasteiger charge is -2.29. The number of H-pyrrole nitrogens is 1. The van der Waals surface area contributed by atoms with Gasteiger partial charge in [-0.1, -0.05) is 60.3 Å². The molecular weight excluding hydrogens is 442 g/mol. The number of amides is 1. The lowest BCUT2D eigenvalue weighted by atomic mass is 10.1. The lowest BCUT2D eigenvalue weighted by molar-refractivity contribution is -0.131. The van der Waals surface area contributed by atoms with Crippen LogP contribution in [0.5, 0.6) is 0 Å². The van der Waals surface area contributed by atoms with Gasteiger partial charge in [-0.25, -0.2) is 0 Å². The van der Waals surface area contributed by atoms with E-state index in [-0.39, 0.29) is 11.9 Å². The number of carbonyl (C=O) groups is 1. The van der Waals surface area contributed by atoms with Crippen LogP contribution in [0.2, 0.25) is 0 Å². The van der Waals surface area contributed by atoms with Gasteiger partial charge < -0.3 is 9.88 Å². The zero-order chi connectivity index (χ0) is 23.1. The van der Waals surface area contributed by atoms with E-state index in [2.05, 4.69) is 55.8 Å². The van der Waals surface area contributed by atoms with Crippen molar-refractivity contribution in [2.24, 2.45) is 5.92 Å². The largest absolute Gasteiger partial charge is 0.360 e. The summed E-state index contributed by atoms with van der Waals surface area (Å²) < 4.78 is 2.25. The van der Waals surface area contributed by atoms with E-state index in [1.165, 1.54) is 30.2 Å². The highest BCUT2D eigenvalue weighted by atomic mass is 32.2. The zero-order valence-corrected chi connectivity index (χ0v) is 20.2. The monoisotopic (exact) mass is 471 g/mol. The fourth-order valence-electron chi connectivity index (χ4n) is 4.76. The minimum absolute atomic E-state index is 0.173. The van der Waals surface area contributed by atoms with E-state index in [4.69, 9.17) is 0 Å². The summed E-state index contributed by atoms with van der Waals surface area (Å²) in [6, 6.07) is 19.3.